The third kappa shape index (κ3) is 10.5. The van der Waals surface area contributed by atoms with E-state index in [2.05, 4.69) is 12.2 Å². The summed E-state index contributed by atoms with van der Waals surface area (Å²) in [7, 11) is 0. The van der Waals surface area contributed by atoms with Gasteiger partial charge in [0.2, 0.25) is 5.91 Å². The Balaban J connectivity index is 2.38. The molecule has 144 valence electrons. The van der Waals surface area contributed by atoms with Crippen molar-refractivity contribution in [2.75, 3.05) is 0 Å². The first-order chi connectivity index (χ1) is 12.5. The van der Waals surface area contributed by atoms with Gasteiger partial charge in [-0.2, -0.15) is 0 Å². The van der Waals surface area contributed by atoms with Gasteiger partial charge >= 0.3 is 11.9 Å². The largest absolute Gasteiger partial charge is 0.481 e. The van der Waals surface area contributed by atoms with Crippen molar-refractivity contribution in [1.29, 1.82) is 0 Å². The maximum atomic E-state index is 12.0. The summed E-state index contributed by atoms with van der Waals surface area (Å²) in [5, 5.41) is 11.5. The van der Waals surface area contributed by atoms with E-state index < -0.39 is 11.9 Å². The Bertz CT molecular complexity index is 559. The van der Waals surface area contributed by atoms with Gasteiger partial charge in [0.25, 0.3) is 0 Å². The lowest BCUT2D eigenvalue weighted by Gasteiger charge is -2.17. The molecule has 0 saturated carbocycles. The molecule has 6 nitrogen and oxygen atoms in total. The van der Waals surface area contributed by atoms with Crippen LogP contribution in [0.4, 0.5) is 0 Å². The fourth-order valence-corrected chi connectivity index (χ4v) is 2.51. The Morgan fingerprint density at radius 2 is 1.77 bits per heavy atom. The first-order valence-corrected chi connectivity index (χ1v) is 9.23. The lowest BCUT2D eigenvalue weighted by Crippen LogP contribution is -2.26. The first-order valence-electron chi connectivity index (χ1n) is 9.23. The third-order valence-electron chi connectivity index (χ3n) is 4.00. The monoisotopic (exact) mass is 363 g/mol. The maximum absolute atomic E-state index is 12.0. The average Bonchev–Trinajstić information content (AvgIpc) is 2.63. The summed E-state index contributed by atoms with van der Waals surface area (Å²) in [6.45, 7) is 2.56. The van der Waals surface area contributed by atoms with Crippen molar-refractivity contribution in [2.24, 2.45) is 0 Å². The molecule has 0 fully saturated rings. The molecular weight excluding hydrogens is 334 g/mol. The minimum absolute atomic E-state index is 0.0871. The molecule has 0 aliphatic carbocycles. The van der Waals surface area contributed by atoms with Crippen molar-refractivity contribution in [2.45, 2.75) is 70.9 Å². The van der Waals surface area contributed by atoms with Gasteiger partial charge in [0.05, 0.1) is 12.8 Å². The first kappa shape index (κ1) is 21.7. The van der Waals surface area contributed by atoms with Crippen LogP contribution in [0.15, 0.2) is 30.3 Å². The van der Waals surface area contributed by atoms with Crippen molar-refractivity contribution >= 4 is 17.8 Å². The van der Waals surface area contributed by atoms with Crippen LogP contribution in [0.5, 0.6) is 0 Å². The predicted octanol–water partition coefficient (Wildman–Crippen LogP) is 3.44. The lowest BCUT2D eigenvalue weighted by molar-refractivity contribution is -0.153. The summed E-state index contributed by atoms with van der Waals surface area (Å²) in [5.41, 5.74) is 1.03. The molecule has 0 aliphatic heterocycles. The molecule has 0 heterocycles. The second-order valence-electron chi connectivity index (χ2n) is 6.30. The standard InChI is InChI=1S/C20H29NO5/c1-2-3-5-10-17(26-20(25)14-13-19(23)24)11-12-18(22)21-15-16-8-6-4-7-9-16/h4,6-9,17H,2-3,5,10-15H2,1H3,(H,21,22)(H,23,24)/t17-/m0/s1. The number of carbonyl (C=O) groups excluding carboxylic acids is 2. The van der Waals surface area contributed by atoms with E-state index in [0.717, 1.165) is 24.8 Å². The van der Waals surface area contributed by atoms with Crippen LogP contribution in [-0.4, -0.2) is 29.1 Å². The fourth-order valence-electron chi connectivity index (χ4n) is 2.51. The SMILES string of the molecule is CCCCC[C@@H](CCC(=O)NCc1ccccc1)OC(=O)CCC(=O)O. The summed E-state index contributed by atoms with van der Waals surface area (Å²) in [5.74, 6) is -1.63. The molecular formula is C20H29NO5. The molecule has 2 N–H and O–H groups in total. The number of unbranched alkanes of at least 4 members (excludes halogenated alkanes) is 2. The average molecular weight is 363 g/mol. The van der Waals surface area contributed by atoms with E-state index in [1.165, 1.54) is 0 Å². The third-order valence-corrected chi connectivity index (χ3v) is 4.00. The zero-order valence-corrected chi connectivity index (χ0v) is 15.4. The lowest BCUT2D eigenvalue weighted by atomic mass is 10.1. The molecule has 0 bridgehead atoms. The summed E-state index contributed by atoms with van der Waals surface area (Å²) < 4.78 is 5.38. The minimum Gasteiger partial charge on any atom is -0.481 e. The summed E-state index contributed by atoms with van der Waals surface area (Å²) in [6, 6.07) is 9.64. The molecule has 0 saturated heterocycles. The molecule has 1 atom stereocenters. The molecule has 1 aromatic carbocycles. The number of aliphatic carboxylic acids is 1. The van der Waals surface area contributed by atoms with Gasteiger partial charge in [0, 0.05) is 13.0 Å². The van der Waals surface area contributed by atoms with Crippen molar-refractivity contribution in [3.8, 4) is 0 Å². The van der Waals surface area contributed by atoms with Crippen LogP contribution in [0, 0.1) is 0 Å². The molecule has 0 aromatic heterocycles. The number of amides is 1. The Kier molecular flexibility index (Phi) is 10.8. The van der Waals surface area contributed by atoms with Gasteiger partial charge in [-0.05, 0) is 24.8 Å². The molecule has 0 aliphatic rings. The number of nitrogens with one attached hydrogen (secondary N) is 1. The molecule has 0 unspecified atom stereocenters. The van der Waals surface area contributed by atoms with Crippen LogP contribution >= 0.6 is 0 Å². The highest BCUT2D eigenvalue weighted by molar-refractivity contribution is 5.77. The van der Waals surface area contributed by atoms with E-state index in [1.54, 1.807) is 0 Å². The van der Waals surface area contributed by atoms with Crippen molar-refractivity contribution in [3.05, 3.63) is 35.9 Å². The van der Waals surface area contributed by atoms with Gasteiger partial charge in [0.1, 0.15) is 6.10 Å². The Morgan fingerprint density at radius 1 is 1.04 bits per heavy atom. The van der Waals surface area contributed by atoms with Gasteiger partial charge in [0.15, 0.2) is 0 Å². The van der Waals surface area contributed by atoms with Crippen LogP contribution in [0.25, 0.3) is 0 Å². The highest BCUT2D eigenvalue weighted by Gasteiger charge is 2.17. The quantitative estimate of drug-likeness (QED) is 0.414. The smallest absolute Gasteiger partial charge is 0.306 e. The Morgan fingerprint density at radius 3 is 2.42 bits per heavy atom. The van der Waals surface area contributed by atoms with Gasteiger partial charge in [-0.1, -0.05) is 50.1 Å². The van der Waals surface area contributed by atoms with E-state index in [9.17, 15) is 14.4 Å². The number of hydrogen-bond acceptors (Lipinski definition) is 4. The number of carboxylic acid groups (broad SMARTS) is 1. The predicted molar refractivity (Wildman–Crippen MR) is 98.4 cm³/mol. The van der Waals surface area contributed by atoms with Crippen molar-refractivity contribution in [3.63, 3.8) is 0 Å². The molecule has 0 spiro atoms. The van der Waals surface area contributed by atoms with Gasteiger partial charge in [-0.25, -0.2) is 0 Å². The Labute approximate surface area is 154 Å². The molecule has 6 heteroatoms. The van der Waals surface area contributed by atoms with E-state index >= 15 is 0 Å². The normalized spacial score (nSPS) is 11.6. The number of ether oxygens (including phenoxy) is 1. The Hall–Kier alpha value is -2.37. The van der Waals surface area contributed by atoms with E-state index in [-0.39, 0.29) is 31.3 Å². The second kappa shape index (κ2) is 12.9. The molecule has 1 rings (SSSR count). The molecule has 26 heavy (non-hydrogen) atoms. The summed E-state index contributed by atoms with van der Waals surface area (Å²) >= 11 is 0. The highest BCUT2D eigenvalue weighted by atomic mass is 16.5. The zero-order valence-electron chi connectivity index (χ0n) is 15.4. The van der Waals surface area contributed by atoms with Crippen LogP contribution < -0.4 is 5.32 Å². The van der Waals surface area contributed by atoms with E-state index in [1.807, 2.05) is 30.3 Å². The molecule has 1 aromatic rings. The van der Waals surface area contributed by atoms with E-state index in [0.29, 0.717) is 19.4 Å². The molecule has 1 amide bonds. The highest BCUT2D eigenvalue weighted by Crippen LogP contribution is 2.14. The topological polar surface area (TPSA) is 92.7 Å². The van der Waals surface area contributed by atoms with Crippen molar-refractivity contribution in [1.82, 2.24) is 5.32 Å². The van der Waals surface area contributed by atoms with Crippen molar-refractivity contribution < 1.29 is 24.2 Å². The van der Waals surface area contributed by atoms with Crippen LogP contribution in [0.1, 0.15) is 63.9 Å². The number of benzene rings is 1. The maximum Gasteiger partial charge on any atom is 0.306 e. The minimum atomic E-state index is -1.02. The fraction of sp³-hybridized carbons (Fsp3) is 0.550. The van der Waals surface area contributed by atoms with Crippen LogP contribution in [-0.2, 0) is 25.7 Å². The van der Waals surface area contributed by atoms with Gasteiger partial charge < -0.3 is 15.2 Å². The molecule has 0 radical (unpaired) electrons. The summed E-state index contributed by atoms with van der Waals surface area (Å²) in [6.07, 6.45) is 3.69. The number of rotatable bonds is 13. The summed E-state index contributed by atoms with van der Waals surface area (Å²) in [4.78, 5) is 34.3. The number of esters is 1. The number of hydrogen-bond donors (Lipinski definition) is 2. The number of carbonyl (C=O) groups is 3. The van der Waals surface area contributed by atoms with Crippen LogP contribution in [0.3, 0.4) is 0 Å². The van der Waals surface area contributed by atoms with Gasteiger partial charge in [-0.3, -0.25) is 14.4 Å². The zero-order chi connectivity index (χ0) is 19.2. The second-order valence-corrected chi connectivity index (χ2v) is 6.30. The van der Waals surface area contributed by atoms with Gasteiger partial charge in [-0.15, -0.1) is 0 Å². The number of carboxylic acids is 1. The van der Waals surface area contributed by atoms with E-state index in [4.69, 9.17) is 9.84 Å². The van der Waals surface area contributed by atoms with Crippen LogP contribution in [0.2, 0.25) is 0 Å².